The molecule has 4 heteroatoms. The fourth-order valence-corrected chi connectivity index (χ4v) is 2.77. The second-order valence-corrected chi connectivity index (χ2v) is 5.39. The van der Waals surface area contributed by atoms with Crippen LogP contribution in [0.4, 0.5) is 0 Å². The summed E-state index contributed by atoms with van der Waals surface area (Å²) >= 11 is 0. The fourth-order valence-electron chi connectivity index (χ4n) is 2.77. The van der Waals surface area contributed by atoms with E-state index in [0.717, 1.165) is 31.7 Å². The lowest BCUT2D eigenvalue weighted by molar-refractivity contribution is 0.133. The lowest BCUT2D eigenvalue weighted by atomic mass is 10.0. The van der Waals surface area contributed by atoms with Crippen molar-refractivity contribution in [1.82, 2.24) is 4.90 Å². The van der Waals surface area contributed by atoms with Crippen molar-refractivity contribution < 1.29 is 9.84 Å². The smallest absolute Gasteiger partial charge is 0.120 e. The number of nitrogens with zero attached hydrogens (tertiary/aromatic N) is 2. The van der Waals surface area contributed by atoms with Gasteiger partial charge in [0.15, 0.2) is 0 Å². The van der Waals surface area contributed by atoms with Gasteiger partial charge in [0.1, 0.15) is 5.75 Å². The molecule has 1 aliphatic rings. The van der Waals surface area contributed by atoms with Crippen molar-refractivity contribution in [3.05, 3.63) is 29.8 Å². The van der Waals surface area contributed by atoms with Crippen LogP contribution >= 0.6 is 0 Å². The maximum Gasteiger partial charge on any atom is 0.120 e. The van der Waals surface area contributed by atoms with Gasteiger partial charge in [-0.15, -0.1) is 0 Å². The molecule has 1 heterocycles. The molecule has 2 rings (SSSR count). The summed E-state index contributed by atoms with van der Waals surface area (Å²) in [4.78, 5) is 2.35. The van der Waals surface area contributed by atoms with E-state index in [1.165, 1.54) is 0 Å². The van der Waals surface area contributed by atoms with Crippen molar-refractivity contribution in [2.45, 2.75) is 25.8 Å². The Kier molecular flexibility index (Phi) is 5.40. The molecule has 1 saturated heterocycles. The van der Waals surface area contributed by atoms with Gasteiger partial charge < -0.3 is 9.84 Å². The van der Waals surface area contributed by atoms with Gasteiger partial charge in [0, 0.05) is 12.6 Å². The minimum Gasteiger partial charge on any atom is -0.494 e. The van der Waals surface area contributed by atoms with Crippen molar-refractivity contribution in [3.63, 3.8) is 0 Å². The molecule has 1 aliphatic heterocycles. The highest BCUT2D eigenvalue weighted by molar-refractivity contribution is 5.36. The van der Waals surface area contributed by atoms with Crippen molar-refractivity contribution in [3.8, 4) is 11.8 Å². The predicted octanol–water partition coefficient (Wildman–Crippen LogP) is 2.03. The van der Waals surface area contributed by atoms with Gasteiger partial charge in [-0.2, -0.15) is 5.26 Å². The average Bonchev–Trinajstić information content (AvgIpc) is 2.84. The number of hydrogen-bond acceptors (Lipinski definition) is 4. The van der Waals surface area contributed by atoms with E-state index in [1.807, 2.05) is 12.1 Å². The van der Waals surface area contributed by atoms with E-state index in [-0.39, 0.29) is 6.61 Å². The van der Waals surface area contributed by atoms with Gasteiger partial charge >= 0.3 is 0 Å². The molecule has 0 aliphatic carbocycles. The Balaban J connectivity index is 1.72. The van der Waals surface area contributed by atoms with E-state index < -0.39 is 0 Å². The lowest BCUT2D eigenvalue weighted by Crippen LogP contribution is -2.36. The summed E-state index contributed by atoms with van der Waals surface area (Å²) in [6.45, 7) is 5.10. The molecule has 4 nitrogen and oxygen atoms in total. The van der Waals surface area contributed by atoms with Crippen LogP contribution < -0.4 is 4.74 Å². The highest BCUT2D eigenvalue weighted by Crippen LogP contribution is 2.23. The van der Waals surface area contributed by atoms with Crippen LogP contribution in [0.1, 0.15) is 25.3 Å². The number of aliphatic hydroxyl groups excluding tert-OH is 1. The Morgan fingerprint density at radius 1 is 1.50 bits per heavy atom. The summed E-state index contributed by atoms with van der Waals surface area (Å²) in [5.74, 6) is 1.32. The Bertz CT molecular complexity index is 470. The summed E-state index contributed by atoms with van der Waals surface area (Å²) in [6.07, 6.45) is 2.09. The fraction of sp³-hybridized carbons (Fsp3) is 0.562. The van der Waals surface area contributed by atoms with Gasteiger partial charge in [-0.05, 0) is 43.5 Å². The Labute approximate surface area is 120 Å². The number of nitriles is 1. The first-order chi connectivity index (χ1) is 9.74. The van der Waals surface area contributed by atoms with E-state index in [9.17, 15) is 5.11 Å². The Morgan fingerprint density at radius 3 is 3.10 bits per heavy atom. The number of ether oxygens (including phenoxy) is 1. The van der Waals surface area contributed by atoms with Crippen LogP contribution in [-0.2, 0) is 0 Å². The summed E-state index contributed by atoms with van der Waals surface area (Å²) in [5.41, 5.74) is 0.621. The molecule has 1 fully saturated rings. The van der Waals surface area contributed by atoms with Crippen LogP contribution in [0.2, 0.25) is 0 Å². The first-order valence-electron chi connectivity index (χ1n) is 7.22. The molecule has 0 amide bonds. The molecule has 0 radical (unpaired) electrons. The molecular weight excluding hydrogens is 252 g/mol. The second-order valence-electron chi connectivity index (χ2n) is 5.39. The third kappa shape index (κ3) is 3.72. The zero-order valence-corrected chi connectivity index (χ0v) is 12.0. The van der Waals surface area contributed by atoms with E-state index in [2.05, 4.69) is 17.9 Å². The molecular formula is C16H22N2O2. The quantitative estimate of drug-likeness (QED) is 0.806. The molecule has 0 spiro atoms. The lowest BCUT2D eigenvalue weighted by Gasteiger charge is -2.24. The minimum absolute atomic E-state index is 0.242. The average molecular weight is 274 g/mol. The van der Waals surface area contributed by atoms with Crippen molar-refractivity contribution >= 4 is 0 Å². The van der Waals surface area contributed by atoms with Crippen LogP contribution in [0, 0.1) is 17.2 Å². The van der Waals surface area contributed by atoms with Crippen LogP contribution in [0.15, 0.2) is 24.3 Å². The van der Waals surface area contributed by atoms with Crippen LogP contribution in [0.3, 0.4) is 0 Å². The van der Waals surface area contributed by atoms with Gasteiger partial charge in [0.05, 0.1) is 24.8 Å². The maximum atomic E-state index is 9.40. The summed E-state index contributed by atoms with van der Waals surface area (Å²) < 4.78 is 5.66. The molecule has 0 bridgehead atoms. The molecule has 0 aromatic heterocycles. The topological polar surface area (TPSA) is 56.5 Å². The highest BCUT2D eigenvalue weighted by Gasteiger charge is 2.29. The summed E-state index contributed by atoms with van der Waals surface area (Å²) in [5, 5.41) is 18.2. The Morgan fingerprint density at radius 2 is 2.35 bits per heavy atom. The number of aliphatic hydroxyl groups is 1. The van der Waals surface area contributed by atoms with E-state index in [4.69, 9.17) is 10.00 Å². The molecule has 1 aromatic carbocycles. The van der Waals surface area contributed by atoms with Gasteiger partial charge in [-0.3, -0.25) is 4.90 Å². The largest absolute Gasteiger partial charge is 0.494 e. The zero-order valence-electron chi connectivity index (χ0n) is 12.0. The van der Waals surface area contributed by atoms with Crippen molar-refractivity contribution in [1.29, 1.82) is 5.26 Å². The molecule has 0 saturated carbocycles. The number of benzene rings is 1. The van der Waals surface area contributed by atoms with E-state index in [0.29, 0.717) is 24.1 Å². The SMILES string of the molecule is CC1CCN(CCCOc2cccc(C#N)c2)C1CO. The molecule has 1 N–H and O–H groups in total. The first-order valence-corrected chi connectivity index (χ1v) is 7.22. The maximum absolute atomic E-state index is 9.40. The van der Waals surface area contributed by atoms with E-state index >= 15 is 0 Å². The van der Waals surface area contributed by atoms with Crippen LogP contribution in [0.25, 0.3) is 0 Å². The second kappa shape index (κ2) is 7.28. The van der Waals surface area contributed by atoms with Gasteiger partial charge in [0.25, 0.3) is 0 Å². The number of likely N-dealkylation sites (tertiary alicyclic amines) is 1. The molecule has 20 heavy (non-hydrogen) atoms. The standard InChI is InChI=1S/C16H22N2O2/c1-13-6-8-18(16(13)12-19)7-3-9-20-15-5-2-4-14(10-15)11-17/h2,4-5,10,13,16,19H,3,6-9,12H2,1H3. The highest BCUT2D eigenvalue weighted by atomic mass is 16.5. The molecule has 108 valence electrons. The minimum atomic E-state index is 0.242. The van der Waals surface area contributed by atoms with E-state index in [1.54, 1.807) is 12.1 Å². The van der Waals surface area contributed by atoms with Gasteiger partial charge in [-0.1, -0.05) is 13.0 Å². The third-order valence-corrected chi connectivity index (χ3v) is 4.01. The van der Waals surface area contributed by atoms with Gasteiger partial charge in [-0.25, -0.2) is 0 Å². The normalized spacial score (nSPS) is 22.6. The zero-order chi connectivity index (χ0) is 14.4. The number of rotatable bonds is 6. The number of hydrogen-bond donors (Lipinski definition) is 1. The first kappa shape index (κ1) is 14.8. The predicted molar refractivity (Wildman–Crippen MR) is 77.5 cm³/mol. The summed E-state index contributed by atoms with van der Waals surface area (Å²) in [6, 6.07) is 9.64. The van der Waals surface area contributed by atoms with Crippen molar-refractivity contribution in [2.75, 3.05) is 26.3 Å². The summed E-state index contributed by atoms with van der Waals surface area (Å²) in [7, 11) is 0. The monoisotopic (exact) mass is 274 g/mol. The van der Waals surface area contributed by atoms with Crippen LogP contribution in [-0.4, -0.2) is 42.4 Å². The third-order valence-electron chi connectivity index (χ3n) is 4.01. The molecule has 2 unspecified atom stereocenters. The van der Waals surface area contributed by atoms with Crippen molar-refractivity contribution in [2.24, 2.45) is 5.92 Å². The Hall–Kier alpha value is -1.57. The van der Waals surface area contributed by atoms with Crippen LogP contribution in [0.5, 0.6) is 5.75 Å². The van der Waals surface area contributed by atoms with Gasteiger partial charge in [0.2, 0.25) is 0 Å². The molecule has 1 aromatic rings. The molecule has 2 atom stereocenters.